The molecule has 2 saturated heterocycles. The summed E-state index contributed by atoms with van der Waals surface area (Å²) in [4.78, 5) is 75.6. The lowest BCUT2D eigenvalue weighted by Gasteiger charge is -2.34. The van der Waals surface area contributed by atoms with Crippen LogP contribution >= 0.6 is 0 Å². The number of amides is 6. The average Bonchev–Trinajstić information content (AvgIpc) is 3.09. The minimum absolute atomic E-state index is 0.272. The number of allylic oxidation sites excluding steroid dienone is 4. The number of hydrogen-bond acceptors (Lipinski definition) is 6. The maximum Gasteiger partial charge on any atom is 0.350 e. The zero-order valence-corrected chi connectivity index (χ0v) is 14.8. The summed E-state index contributed by atoms with van der Waals surface area (Å²) >= 11 is 0. The van der Waals surface area contributed by atoms with Crippen molar-refractivity contribution >= 4 is 35.4 Å². The monoisotopic (exact) mass is 386 g/mol. The highest BCUT2D eigenvalue weighted by Crippen LogP contribution is 2.40. The molecule has 0 radical (unpaired) electrons. The topological polar surface area (TPSA) is 138 Å². The van der Waals surface area contributed by atoms with Gasteiger partial charge in [-0.3, -0.25) is 28.8 Å². The summed E-state index contributed by atoms with van der Waals surface area (Å²) < 4.78 is 0. The number of primary amides is 1. The van der Waals surface area contributed by atoms with Crippen LogP contribution < -0.4 is 5.73 Å². The van der Waals surface area contributed by atoms with Crippen molar-refractivity contribution in [2.45, 2.75) is 25.7 Å². The number of carbonyl (C=O) groups is 6. The van der Waals surface area contributed by atoms with Gasteiger partial charge in [0.25, 0.3) is 23.6 Å². The van der Waals surface area contributed by atoms with Crippen LogP contribution in [0.4, 0.5) is 0 Å². The second kappa shape index (κ2) is 6.39. The van der Waals surface area contributed by atoms with Gasteiger partial charge in [0.05, 0.1) is 23.7 Å². The molecule has 0 spiro atoms. The molecule has 146 valence electrons. The molecule has 2 aliphatic carbocycles. The summed E-state index contributed by atoms with van der Waals surface area (Å²) in [5.74, 6) is -8.75. The lowest BCUT2D eigenvalue weighted by molar-refractivity contribution is -0.204. The summed E-state index contributed by atoms with van der Waals surface area (Å²) in [5.41, 5.74) is 5.09. The Balaban J connectivity index is 1.75. The normalized spacial score (nSPS) is 31.3. The van der Waals surface area contributed by atoms with E-state index < -0.39 is 59.1 Å². The molecule has 2 aliphatic heterocycles. The van der Waals surface area contributed by atoms with Gasteiger partial charge >= 0.3 is 11.8 Å². The Kier molecular flexibility index (Phi) is 4.13. The van der Waals surface area contributed by atoms with Crippen LogP contribution in [0.1, 0.15) is 25.7 Å². The molecular formula is C18H18N4O6. The van der Waals surface area contributed by atoms with Crippen LogP contribution in [0.2, 0.25) is 0 Å². The molecule has 0 saturated carbocycles. The van der Waals surface area contributed by atoms with Crippen LogP contribution in [0, 0.1) is 23.7 Å². The number of hydrazine groups is 2. The maximum atomic E-state index is 12.9. The van der Waals surface area contributed by atoms with Gasteiger partial charge in [0.2, 0.25) is 0 Å². The van der Waals surface area contributed by atoms with Gasteiger partial charge in [-0.05, 0) is 25.7 Å². The molecule has 4 unspecified atom stereocenters. The minimum Gasteiger partial charge on any atom is -0.361 e. The summed E-state index contributed by atoms with van der Waals surface area (Å²) in [6.07, 6.45) is 8.18. The van der Waals surface area contributed by atoms with Crippen molar-refractivity contribution < 1.29 is 28.8 Å². The zero-order valence-electron chi connectivity index (χ0n) is 14.8. The van der Waals surface area contributed by atoms with Gasteiger partial charge in [-0.1, -0.05) is 24.3 Å². The largest absolute Gasteiger partial charge is 0.361 e. The second-order valence-electron chi connectivity index (χ2n) is 7.25. The van der Waals surface area contributed by atoms with Gasteiger partial charge in [0.1, 0.15) is 0 Å². The molecular weight excluding hydrogens is 368 g/mol. The van der Waals surface area contributed by atoms with Crippen LogP contribution in [0.25, 0.3) is 0 Å². The standard InChI is InChI=1S/C18H18N4O6/c19-13(23)18(28)22(20-14(24)9-5-1-2-6-10(9)15(20)25)21-16(26)11-7-3-4-8-12(11)17(21)27/h1-4,9-12H,5-8H2,(H2,19,23). The molecule has 2 heterocycles. The van der Waals surface area contributed by atoms with Gasteiger partial charge in [-0.15, -0.1) is 5.12 Å². The van der Waals surface area contributed by atoms with Gasteiger partial charge < -0.3 is 5.73 Å². The number of hydrogen-bond donors (Lipinski definition) is 1. The third kappa shape index (κ3) is 2.40. The summed E-state index contributed by atoms with van der Waals surface area (Å²) in [7, 11) is 0. The molecule has 10 heteroatoms. The van der Waals surface area contributed by atoms with E-state index in [1.165, 1.54) is 0 Å². The lowest BCUT2D eigenvalue weighted by atomic mass is 9.85. The lowest BCUT2D eigenvalue weighted by Crippen LogP contribution is -2.63. The Morgan fingerprint density at radius 3 is 1.25 bits per heavy atom. The summed E-state index contributed by atoms with van der Waals surface area (Å²) in [6.45, 7) is 0. The molecule has 0 aromatic heterocycles. The number of imide groups is 2. The van der Waals surface area contributed by atoms with Crippen molar-refractivity contribution in [3.05, 3.63) is 24.3 Å². The van der Waals surface area contributed by atoms with Crippen LogP contribution in [-0.2, 0) is 28.8 Å². The van der Waals surface area contributed by atoms with Gasteiger partial charge in [-0.25, -0.2) is 0 Å². The van der Waals surface area contributed by atoms with E-state index in [1.807, 2.05) is 0 Å². The molecule has 0 aromatic carbocycles. The first-order valence-corrected chi connectivity index (χ1v) is 9.04. The van der Waals surface area contributed by atoms with E-state index >= 15 is 0 Å². The number of rotatable bonds is 2. The first-order valence-electron chi connectivity index (χ1n) is 9.04. The zero-order chi connectivity index (χ0) is 20.2. The molecule has 0 aromatic rings. The third-order valence-corrected chi connectivity index (χ3v) is 5.74. The van der Waals surface area contributed by atoms with Crippen molar-refractivity contribution in [3.8, 4) is 0 Å². The smallest absolute Gasteiger partial charge is 0.350 e. The van der Waals surface area contributed by atoms with Crippen molar-refractivity contribution in [1.29, 1.82) is 0 Å². The van der Waals surface area contributed by atoms with E-state index in [-0.39, 0.29) is 5.12 Å². The highest BCUT2D eigenvalue weighted by atomic mass is 16.3. The number of fused-ring (bicyclic) bond motifs is 2. The van der Waals surface area contributed by atoms with Crippen LogP contribution in [0.3, 0.4) is 0 Å². The Hall–Kier alpha value is -3.30. The van der Waals surface area contributed by atoms with Crippen LogP contribution in [-0.4, -0.2) is 50.6 Å². The fourth-order valence-corrected chi connectivity index (χ4v) is 4.31. The van der Waals surface area contributed by atoms with E-state index in [9.17, 15) is 28.8 Å². The van der Waals surface area contributed by atoms with Crippen molar-refractivity contribution in [1.82, 2.24) is 15.1 Å². The molecule has 28 heavy (non-hydrogen) atoms. The first-order chi connectivity index (χ1) is 13.3. The van der Waals surface area contributed by atoms with E-state index in [0.717, 1.165) is 0 Å². The van der Waals surface area contributed by atoms with Gasteiger partial charge in [0, 0.05) is 0 Å². The third-order valence-electron chi connectivity index (χ3n) is 5.74. The molecule has 2 fully saturated rings. The molecule has 4 aliphatic rings. The minimum atomic E-state index is -1.48. The number of nitrogens with zero attached hydrogens (tertiary/aromatic N) is 3. The number of carbonyl (C=O) groups excluding carboxylic acids is 6. The van der Waals surface area contributed by atoms with Crippen molar-refractivity contribution in [2.24, 2.45) is 29.4 Å². The molecule has 2 N–H and O–H groups in total. The summed E-state index contributed by atoms with van der Waals surface area (Å²) in [5, 5.41) is 1.18. The number of nitrogens with two attached hydrogens (primary N) is 1. The maximum absolute atomic E-state index is 12.9. The average molecular weight is 386 g/mol. The van der Waals surface area contributed by atoms with E-state index in [1.54, 1.807) is 24.3 Å². The fraction of sp³-hybridized carbons (Fsp3) is 0.444. The highest BCUT2D eigenvalue weighted by molar-refractivity contribution is 6.35. The Bertz CT molecular complexity index is 767. The second-order valence-corrected chi connectivity index (χ2v) is 7.25. The van der Waals surface area contributed by atoms with E-state index in [0.29, 0.717) is 35.7 Å². The first kappa shape index (κ1) is 18.1. The molecule has 0 bridgehead atoms. The van der Waals surface area contributed by atoms with E-state index in [4.69, 9.17) is 5.73 Å². The predicted octanol–water partition coefficient (Wildman–Crippen LogP) is -0.967. The quantitative estimate of drug-likeness (QED) is 0.368. The van der Waals surface area contributed by atoms with E-state index in [2.05, 4.69) is 0 Å². The van der Waals surface area contributed by atoms with Crippen LogP contribution in [0.5, 0.6) is 0 Å². The molecule has 10 nitrogen and oxygen atoms in total. The predicted molar refractivity (Wildman–Crippen MR) is 90.5 cm³/mol. The molecule has 4 rings (SSSR count). The highest BCUT2D eigenvalue weighted by Gasteiger charge is 2.58. The van der Waals surface area contributed by atoms with Crippen molar-refractivity contribution in [3.63, 3.8) is 0 Å². The summed E-state index contributed by atoms with van der Waals surface area (Å²) in [6, 6.07) is 0. The Labute approximate surface area is 159 Å². The molecule has 4 atom stereocenters. The Morgan fingerprint density at radius 1 is 0.714 bits per heavy atom. The van der Waals surface area contributed by atoms with Crippen LogP contribution in [0.15, 0.2) is 24.3 Å². The van der Waals surface area contributed by atoms with Gasteiger partial charge in [0.15, 0.2) is 0 Å². The van der Waals surface area contributed by atoms with Gasteiger partial charge in [-0.2, -0.15) is 10.0 Å². The fourth-order valence-electron chi connectivity index (χ4n) is 4.31. The Morgan fingerprint density at radius 2 is 1.00 bits per heavy atom. The van der Waals surface area contributed by atoms with Crippen molar-refractivity contribution in [2.75, 3.05) is 0 Å². The molecule has 6 amide bonds. The SMILES string of the molecule is NC(=O)C(=O)N(N1C(=O)C2CC=CCC2C1=O)N1C(=O)C2CC=CCC2C1=O.